The maximum atomic E-state index is 11.4. The lowest BCUT2D eigenvalue weighted by atomic mass is 9.95. The van der Waals surface area contributed by atoms with Crippen molar-refractivity contribution in [3.63, 3.8) is 0 Å². The van der Waals surface area contributed by atoms with Gasteiger partial charge in [-0.2, -0.15) is 0 Å². The highest BCUT2D eigenvalue weighted by Gasteiger charge is 2.40. The Labute approximate surface area is 163 Å². The second-order valence-corrected chi connectivity index (χ2v) is 13.5. The van der Waals surface area contributed by atoms with E-state index in [-0.39, 0.29) is 22.9 Å². The third-order valence-electron chi connectivity index (χ3n) is 5.62. The van der Waals surface area contributed by atoms with Crippen LogP contribution in [0.3, 0.4) is 0 Å². The van der Waals surface area contributed by atoms with Gasteiger partial charge in [0, 0.05) is 6.10 Å². The van der Waals surface area contributed by atoms with Gasteiger partial charge >= 0.3 is 5.69 Å². The molecule has 27 heavy (non-hydrogen) atoms. The molecule has 1 aromatic rings. The minimum Gasteiger partial charge on any atom is -0.494 e. The van der Waals surface area contributed by atoms with Crippen LogP contribution in [0.2, 0.25) is 18.1 Å². The Bertz CT molecular complexity index is 648. The van der Waals surface area contributed by atoms with Crippen LogP contribution in [0.25, 0.3) is 0 Å². The first-order valence-corrected chi connectivity index (χ1v) is 12.7. The molecule has 0 aromatic heterocycles. The average molecular weight is 396 g/mol. The Morgan fingerprint density at radius 3 is 2.26 bits per heavy atom. The van der Waals surface area contributed by atoms with E-state index in [1.54, 1.807) is 12.1 Å². The molecule has 0 bridgehead atoms. The molecule has 1 fully saturated rings. The third-order valence-corrected chi connectivity index (χ3v) is 10.2. The molecule has 0 heterocycles. The van der Waals surface area contributed by atoms with Gasteiger partial charge in [0.25, 0.3) is 0 Å². The largest absolute Gasteiger partial charge is 0.494 e. The van der Waals surface area contributed by atoms with Crippen LogP contribution < -0.4 is 9.47 Å². The second-order valence-electron chi connectivity index (χ2n) is 8.71. The normalized spacial score (nSPS) is 21.0. The van der Waals surface area contributed by atoms with Gasteiger partial charge in [-0.05, 0) is 62.9 Å². The predicted molar refractivity (Wildman–Crippen MR) is 109 cm³/mol. The van der Waals surface area contributed by atoms with E-state index < -0.39 is 13.2 Å². The van der Waals surface area contributed by atoms with Crippen LogP contribution in [0.15, 0.2) is 18.2 Å². The first-order chi connectivity index (χ1) is 12.5. The van der Waals surface area contributed by atoms with Gasteiger partial charge in [0.05, 0.1) is 23.7 Å². The summed E-state index contributed by atoms with van der Waals surface area (Å²) in [5.74, 6) is 0.806. The Balaban J connectivity index is 1.97. The summed E-state index contributed by atoms with van der Waals surface area (Å²) in [6, 6.07) is 4.80. The summed E-state index contributed by atoms with van der Waals surface area (Å²) in [7, 11) is -1.77. The summed E-state index contributed by atoms with van der Waals surface area (Å²) >= 11 is 0. The molecule has 1 saturated carbocycles. The molecule has 0 N–H and O–H groups in total. The van der Waals surface area contributed by atoms with Crippen LogP contribution in [-0.2, 0) is 4.43 Å². The molecule has 0 amide bonds. The summed E-state index contributed by atoms with van der Waals surface area (Å²) < 4.78 is 17.8. The standard InChI is InChI=1S/C20H33NO5Si/c1-7-24-17-12-13-19(18(14-17)21(22)23)25-15-8-10-16(11-9-15)26-27(5,6)20(2,3)4/h12-16H,7-11H2,1-6H3. The quantitative estimate of drug-likeness (QED) is 0.336. The Kier molecular flexibility index (Phi) is 6.91. The van der Waals surface area contributed by atoms with Gasteiger partial charge < -0.3 is 13.9 Å². The zero-order chi connectivity index (χ0) is 20.2. The van der Waals surface area contributed by atoms with Crippen LogP contribution in [0.1, 0.15) is 53.4 Å². The molecule has 0 saturated heterocycles. The van der Waals surface area contributed by atoms with E-state index in [2.05, 4.69) is 33.9 Å². The number of nitrogens with zero attached hydrogens (tertiary/aromatic N) is 1. The molecule has 7 heteroatoms. The number of hydrogen-bond acceptors (Lipinski definition) is 5. The van der Waals surface area contributed by atoms with Crippen molar-refractivity contribution >= 4 is 14.0 Å². The first-order valence-electron chi connectivity index (χ1n) is 9.79. The minimum absolute atomic E-state index is 0.0130. The lowest BCUT2D eigenvalue weighted by Gasteiger charge is -2.41. The first kappa shape index (κ1) is 21.7. The number of hydrogen-bond donors (Lipinski definition) is 0. The van der Waals surface area contributed by atoms with Crippen LogP contribution in [0, 0.1) is 10.1 Å². The van der Waals surface area contributed by atoms with E-state index in [1.807, 2.05) is 6.92 Å². The number of ether oxygens (including phenoxy) is 2. The van der Waals surface area contributed by atoms with Crippen molar-refractivity contribution in [1.82, 2.24) is 0 Å². The lowest BCUT2D eigenvalue weighted by molar-refractivity contribution is -0.386. The van der Waals surface area contributed by atoms with Crippen LogP contribution in [0.5, 0.6) is 11.5 Å². The smallest absolute Gasteiger partial charge is 0.314 e. The maximum Gasteiger partial charge on any atom is 0.314 e. The molecule has 6 nitrogen and oxygen atoms in total. The Morgan fingerprint density at radius 2 is 1.74 bits per heavy atom. The van der Waals surface area contributed by atoms with Gasteiger partial charge in [0.1, 0.15) is 5.75 Å². The minimum atomic E-state index is -1.77. The highest BCUT2D eigenvalue weighted by Crippen LogP contribution is 2.40. The van der Waals surface area contributed by atoms with E-state index in [9.17, 15) is 10.1 Å². The number of nitro groups is 1. The Morgan fingerprint density at radius 1 is 1.15 bits per heavy atom. The van der Waals surface area contributed by atoms with E-state index in [0.717, 1.165) is 25.7 Å². The van der Waals surface area contributed by atoms with Crippen LogP contribution in [0.4, 0.5) is 5.69 Å². The van der Waals surface area contributed by atoms with Crippen molar-refractivity contribution in [1.29, 1.82) is 0 Å². The zero-order valence-corrected chi connectivity index (χ0v) is 18.4. The van der Waals surface area contributed by atoms with E-state index in [4.69, 9.17) is 13.9 Å². The average Bonchev–Trinajstić information content (AvgIpc) is 2.56. The van der Waals surface area contributed by atoms with E-state index in [1.165, 1.54) is 6.07 Å². The highest BCUT2D eigenvalue weighted by atomic mass is 28.4. The molecule has 1 aliphatic carbocycles. The summed E-state index contributed by atoms with van der Waals surface area (Å²) in [6.45, 7) is 13.6. The van der Waals surface area contributed by atoms with Gasteiger partial charge in [0.2, 0.25) is 0 Å². The van der Waals surface area contributed by atoms with E-state index >= 15 is 0 Å². The van der Waals surface area contributed by atoms with Crippen molar-refractivity contribution in [2.75, 3.05) is 6.61 Å². The molecule has 0 atom stereocenters. The summed E-state index contributed by atoms with van der Waals surface area (Å²) in [5, 5.41) is 11.6. The fraction of sp³-hybridized carbons (Fsp3) is 0.700. The summed E-state index contributed by atoms with van der Waals surface area (Å²) in [6.07, 6.45) is 3.82. The Hall–Kier alpha value is -1.60. The molecular formula is C20H33NO5Si. The van der Waals surface area contributed by atoms with Gasteiger partial charge in [-0.1, -0.05) is 20.8 Å². The highest BCUT2D eigenvalue weighted by molar-refractivity contribution is 6.74. The summed E-state index contributed by atoms with van der Waals surface area (Å²) in [4.78, 5) is 11.0. The maximum absolute atomic E-state index is 11.4. The molecule has 0 unspecified atom stereocenters. The fourth-order valence-electron chi connectivity index (χ4n) is 3.04. The van der Waals surface area contributed by atoms with E-state index in [0.29, 0.717) is 18.1 Å². The predicted octanol–water partition coefficient (Wildman–Crippen LogP) is 5.71. The molecule has 2 rings (SSSR count). The molecule has 0 aliphatic heterocycles. The molecule has 1 aromatic carbocycles. The van der Waals surface area contributed by atoms with Crippen LogP contribution in [-0.4, -0.2) is 32.1 Å². The summed E-state index contributed by atoms with van der Waals surface area (Å²) in [5.41, 5.74) is -0.0411. The molecular weight excluding hydrogens is 362 g/mol. The van der Waals surface area contributed by atoms with Gasteiger partial charge in [0.15, 0.2) is 14.1 Å². The van der Waals surface area contributed by atoms with Gasteiger partial charge in [-0.15, -0.1) is 0 Å². The molecule has 0 spiro atoms. The number of nitro benzene ring substituents is 1. The monoisotopic (exact) mass is 395 g/mol. The van der Waals surface area contributed by atoms with Crippen LogP contribution >= 0.6 is 0 Å². The van der Waals surface area contributed by atoms with Gasteiger partial charge in [-0.3, -0.25) is 10.1 Å². The van der Waals surface area contributed by atoms with Gasteiger partial charge in [-0.25, -0.2) is 0 Å². The van der Waals surface area contributed by atoms with Crippen molar-refractivity contribution < 1.29 is 18.8 Å². The molecule has 152 valence electrons. The van der Waals surface area contributed by atoms with Crippen molar-refractivity contribution in [2.45, 2.75) is 83.7 Å². The third kappa shape index (κ3) is 5.69. The van der Waals surface area contributed by atoms with Crippen molar-refractivity contribution in [2.24, 2.45) is 0 Å². The number of rotatable bonds is 7. The fourth-order valence-corrected chi connectivity index (χ4v) is 4.46. The molecule has 1 aliphatic rings. The lowest BCUT2D eigenvalue weighted by Crippen LogP contribution is -2.45. The van der Waals surface area contributed by atoms with Crippen molar-refractivity contribution in [3.05, 3.63) is 28.3 Å². The van der Waals surface area contributed by atoms with Crippen molar-refractivity contribution in [3.8, 4) is 11.5 Å². The molecule has 0 radical (unpaired) electrons. The number of benzene rings is 1. The SMILES string of the molecule is CCOc1ccc(OC2CCC(O[Si](C)(C)C(C)(C)C)CC2)c([N+](=O)[O-])c1. The zero-order valence-electron chi connectivity index (χ0n) is 17.4. The topological polar surface area (TPSA) is 70.8 Å². The second kappa shape index (κ2) is 8.60.